The zero-order valence-corrected chi connectivity index (χ0v) is 17.1. The van der Waals surface area contributed by atoms with Crippen molar-refractivity contribution in [3.05, 3.63) is 65.0 Å². The molecular weight excluding hydrogens is 369 g/mol. The van der Waals surface area contributed by atoms with E-state index < -0.39 is 0 Å². The minimum Gasteiger partial charge on any atom is -0.337 e. The van der Waals surface area contributed by atoms with Gasteiger partial charge in [-0.2, -0.15) is 0 Å². The molecule has 2 aromatic carbocycles. The van der Waals surface area contributed by atoms with Gasteiger partial charge >= 0.3 is 0 Å². The zero-order valence-electron chi connectivity index (χ0n) is 17.1. The summed E-state index contributed by atoms with van der Waals surface area (Å²) in [5, 5.41) is 2.83. The maximum Gasteiger partial charge on any atom is 0.228 e. The van der Waals surface area contributed by atoms with Gasteiger partial charge in [0.05, 0.1) is 6.42 Å². The third-order valence-corrected chi connectivity index (χ3v) is 5.08. The summed E-state index contributed by atoms with van der Waals surface area (Å²) in [7, 11) is 3.94. The molecule has 2 aromatic rings. The van der Waals surface area contributed by atoms with Crippen LogP contribution in [0.2, 0.25) is 0 Å². The Morgan fingerprint density at radius 1 is 1.10 bits per heavy atom. The van der Waals surface area contributed by atoms with Crippen molar-refractivity contribution < 1.29 is 14.0 Å². The molecular formula is C23H28FN3O2. The van der Waals surface area contributed by atoms with Crippen LogP contribution in [0.1, 0.15) is 29.5 Å². The Morgan fingerprint density at radius 2 is 1.93 bits per heavy atom. The van der Waals surface area contributed by atoms with Gasteiger partial charge in [-0.15, -0.1) is 0 Å². The predicted molar refractivity (Wildman–Crippen MR) is 112 cm³/mol. The van der Waals surface area contributed by atoms with Crippen LogP contribution >= 0.6 is 0 Å². The smallest absolute Gasteiger partial charge is 0.228 e. The molecule has 1 aliphatic heterocycles. The second-order valence-electron chi connectivity index (χ2n) is 7.82. The number of anilines is 1. The van der Waals surface area contributed by atoms with Crippen molar-refractivity contribution in [2.45, 2.75) is 32.2 Å². The minimum absolute atomic E-state index is 0.0289. The minimum atomic E-state index is -0.285. The van der Waals surface area contributed by atoms with E-state index in [-0.39, 0.29) is 17.6 Å². The average Bonchev–Trinajstić information content (AvgIpc) is 3.04. The van der Waals surface area contributed by atoms with E-state index >= 15 is 0 Å². The van der Waals surface area contributed by atoms with Crippen molar-refractivity contribution in [3.63, 3.8) is 0 Å². The first-order chi connectivity index (χ1) is 13.9. The van der Waals surface area contributed by atoms with E-state index in [1.165, 1.54) is 12.1 Å². The van der Waals surface area contributed by atoms with Crippen molar-refractivity contribution in [1.82, 2.24) is 9.80 Å². The Morgan fingerprint density at radius 3 is 2.69 bits per heavy atom. The molecule has 5 nitrogen and oxygen atoms in total. The van der Waals surface area contributed by atoms with Crippen LogP contribution in [0.4, 0.5) is 10.1 Å². The maximum absolute atomic E-state index is 13.5. The summed E-state index contributed by atoms with van der Waals surface area (Å²) in [5.41, 5.74) is 3.85. The molecule has 2 amide bonds. The van der Waals surface area contributed by atoms with Gasteiger partial charge < -0.3 is 15.1 Å². The topological polar surface area (TPSA) is 52.7 Å². The van der Waals surface area contributed by atoms with Gasteiger partial charge in [-0.05, 0) is 61.8 Å². The van der Waals surface area contributed by atoms with Gasteiger partial charge in [0.2, 0.25) is 11.8 Å². The number of aryl methyl sites for hydroxylation is 1. The Bertz CT molecular complexity index is 882. The second-order valence-corrected chi connectivity index (χ2v) is 7.82. The lowest BCUT2D eigenvalue weighted by Crippen LogP contribution is -2.36. The summed E-state index contributed by atoms with van der Waals surface area (Å²) in [4.78, 5) is 28.1. The van der Waals surface area contributed by atoms with E-state index in [4.69, 9.17) is 0 Å². The van der Waals surface area contributed by atoms with E-state index in [0.29, 0.717) is 25.9 Å². The van der Waals surface area contributed by atoms with Gasteiger partial charge in [-0.1, -0.05) is 24.3 Å². The number of benzene rings is 2. The number of nitrogens with zero attached hydrogens (tertiary/aromatic N) is 2. The van der Waals surface area contributed by atoms with Crippen molar-refractivity contribution in [1.29, 1.82) is 0 Å². The molecule has 0 aromatic heterocycles. The third kappa shape index (κ3) is 6.12. The Labute approximate surface area is 171 Å². The van der Waals surface area contributed by atoms with Gasteiger partial charge in [0, 0.05) is 31.7 Å². The molecule has 29 heavy (non-hydrogen) atoms. The molecule has 0 fully saturated rings. The molecule has 1 aliphatic rings. The molecule has 0 aliphatic carbocycles. The summed E-state index contributed by atoms with van der Waals surface area (Å²) < 4.78 is 13.5. The van der Waals surface area contributed by atoms with Crippen LogP contribution < -0.4 is 5.32 Å². The van der Waals surface area contributed by atoms with Gasteiger partial charge in [0.25, 0.3) is 0 Å². The molecule has 0 spiro atoms. The predicted octanol–water partition coefficient (Wildman–Crippen LogP) is 3.23. The number of likely N-dealkylation sites (N-methyl/N-ethyl adjacent to an activating group) is 1. The van der Waals surface area contributed by atoms with Gasteiger partial charge in [-0.3, -0.25) is 9.59 Å². The summed E-state index contributed by atoms with van der Waals surface area (Å²) in [5.74, 6) is -0.178. The lowest BCUT2D eigenvalue weighted by Gasteiger charge is -2.25. The Kier molecular flexibility index (Phi) is 6.99. The van der Waals surface area contributed by atoms with E-state index in [9.17, 15) is 14.0 Å². The standard InChI is InChI=1S/C23H28FN3O2/c1-26(2)11-12-27(16-18-6-3-7-20(24)14-18)23(29)8-4-5-17-9-10-21-19(13-17)15-22(28)25-21/h3,6-7,9-10,13-14H,4-5,8,11-12,15-16H2,1-2H3,(H,25,28). The largest absolute Gasteiger partial charge is 0.337 e. The quantitative estimate of drug-likeness (QED) is 0.707. The monoisotopic (exact) mass is 397 g/mol. The summed E-state index contributed by atoms with van der Waals surface area (Å²) in [6, 6.07) is 12.4. The fourth-order valence-corrected chi connectivity index (χ4v) is 3.51. The highest BCUT2D eigenvalue weighted by Gasteiger charge is 2.18. The van der Waals surface area contributed by atoms with E-state index in [1.54, 1.807) is 11.0 Å². The number of fused-ring (bicyclic) bond motifs is 1. The number of nitrogens with one attached hydrogen (secondary N) is 1. The first kappa shape index (κ1) is 21.0. The van der Waals surface area contributed by atoms with Crippen LogP contribution in [0.15, 0.2) is 42.5 Å². The SMILES string of the molecule is CN(C)CCN(Cc1cccc(F)c1)C(=O)CCCc1ccc2c(c1)CC(=O)N2. The molecule has 1 heterocycles. The van der Waals surface area contributed by atoms with Crippen LogP contribution in [0.3, 0.4) is 0 Å². The first-order valence-corrected chi connectivity index (χ1v) is 9.99. The van der Waals surface area contributed by atoms with Gasteiger partial charge in [-0.25, -0.2) is 4.39 Å². The fourth-order valence-electron chi connectivity index (χ4n) is 3.51. The van der Waals surface area contributed by atoms with Crippen LogP contribution in [-0.4, -0.2) is 48.8 Å². The maximum atomic E-state index is 13.5. The van der Waals surface area contributed by atoms with E-state index in [2.05, 4.69) is 5.32 Å². The van der Waals surface area contributed by atoms with Crippen molar-refractivity contribution >= 4 is 17.5 Å². The molecule has 1 N–H and O–H groups in total. The lowest BCUT2D eigenvalue weighted by molar-refractivity contribution is -0.132. The summed E-state index contributed by atoms with van der Waals surface area (Å²) in [6.45, 7) is 1.78. The molecule has 6 heteroatoms. The summed E-state index contributed by atoms with van der Waals surface area (Å²) in [6.07, 6.45) is 2.39. The van der Waals surface area contributed by atoms with E-state index in [0.717, 1.165) is 41.8 Å². The number of halogens is 1. The zero-order chi connectivity index (χ0) is 20.8. The van der Waals surface area contributed by atoms with Crippen LogP contribution in [0, 0.1) is 5.82 Å². The molecule has 0 radical (unpaired) electrons. The highest BCUT2D eigenvalue weighted by Crippen LogP contribution is 2.24. The second kappa shape index (κ2) is 9.65. The molecule has 0 saturated carbocycles. The first-order valence-electron chi connectivity index (χ1n) is 9.99. The molecule has 0 bridgehead atoms. The Balaban J connectivity index is 1.56. The number of carbonyl (C=O) groups excluding carboxylic acids is 2. The molecule has 3 rings (SSSR count). The number of hydrogen-bond donors (Lipinski definition) is 1. The normalized spacial score (nSPS) is 12.8. The Hall–Kier alpha value is -2.73. The number of amides is 2. The van der Waals surface area contributed by atoms with Crippen LogP contribution in [-0.2, 0) is 29.0 Å². The number of carbonyl (C=O) groups is 2. The third-order valence-electron chi connectivity index (χ3n) is 5.08. The van der Waals surface area contributed by atoms with Gasteiger partial charge in [0.1, 0.15) is 5.82 Å². The number of rotatable bonds is 9. The molecule has 0 saturated heterocycles. The fraction of sp³-hybridized carbons (Fsp3) is 0.391. The molecule has 154 valence electrons. The molecule has 0 atom stereocenters. The van der Waals surface area contributed by atoms with Crippen molar-refractivity contribution in [2.24, 2.45) is 0 Å². The summed E-state index contributed by atoms with van der Waals surface area (Å²) >= 11 is 0. The van der Waals surface area contributed by atoms with Crippen molar-refractivity contribution in [2.75, 3.05) is 32.5 Å². The molecule has 0 unspecified atom stereocenters. The lowest BCUT2D eigenvalue weighted by atomic mass is 10.0. The highest BCUT2D eigenvalue weighted by molar-refractivity contribution is 5.99. The van der Waals surface area contributed by atoms with Crippen molar-refractivity contribution in [3.8, 4) is 0 Å². The van der Waals surface area contributed by atoms with Gasteiger partial charge in [0.15, 0.2) is 0 Å². The van der Waals surface area contributed by atoms with Crippen LogP contribution in [0.25, 0.3) is 0 Å². The van der Waals surface area contributed by atoms with Crippen LogP contribution in [0.5, 0.6) is 0 Å². The number of hydrogen-bond acceptors (Lipinski definition) is 3. The highest BCUT2D eigenvalue weighted by atomic mass is 19.1. The van der Waals surface area contributed by atoms with E-state index in [1.807, 2.05) is 43.3 Å². The average molecular weight is 397 g/mol.